The summed E-state index contributed by atoms with van der Waals surface area (Å²) in [5.41, 5.74) is 7.03. The number of nitrogens with two attached hydrogens (primary N) is 1. The maximum Gasteiger partial charge on any atom is 0.119 e. The molecule has 0 aliphatic rings. The van der Waals surface area contributed by atoms with Crippen LogP contribution in [0.15, 0.2) is 24.3 Å². The second-order valence-electron chi connectivity index (χ2n) is 4.93. The van der Waals surface area contributed by atoms with Gasteiger partial charge < -0.3 is 20.3 Å². The Kier molecular flexibility index (Phi) is 6.84. The quantitative estimate of drug-likeness (QED) is 0.758. The van der Waals surface area contributed by atoms with Crippen LogP contribution in [0, 0.1) is 0 Å². The molecule has 4 nitrogen and oxygen atoms in total. The van der Waals surface area contributed by atoms with Crippen molar-refractivity contribution in [2.24, 2.45) is 5.73 Å². The summed E-state index contributed by atoms with van der Waals surface area (Å²) in [7, 11) is 0. The number of ether oxygens (including phenoxy) is 2. The minimum absolute atomic E-state index is 0.0686. The Hall–Kier alpha value is -1.10. The Morgan fingerprint density at radius 3 is 2.32 bits per heavy atom. The summed E-state index contributed by atoms with van der Waals surface area (Å²) in [6.07, 6.45) is 0.412. The molecule has 0 heterocycles. The third-order valence-corrected chi connectivity index (χ3v) is 2.81. The Labute approximate surface area is 115 Å². The van der Waals surface area contributed by atoms with Gasteiger partial charge in [-0.2, -0.15) is 0 Å². The molecule has 1 unspecified atom stereocenters. The van der Waals surface area contributed by atoms with Gasteiger partial charge in [0.1, 0.15) is 18.5 Å². The molecule has 0 spiro atoms. The van der Waals surface area contributed by atoms with Crippen LogP contribution in [-0.2, 0) is 4.74 Å². The van der Waals surface area contributed by atoms with E-state index in [1.165, 1.54) is 0 Å². The van der Waals surface area contributed by atoms with Gasteiger partial charge in [0.05, 0.1) is 12.7 Å². The first-order chi connectivity index (χ1) is 9.02. The first-order valence-electron chi connectivity index (χ1n) is 6.81. The van der Waals surface area contributed by atoms with E-state index >= 15 is 0 Å². The minimum atomic E-state index is -0.611. The van der Waals surface area contributed by atoms with Gasteiger partial charge in [0.2, 0.25) is 0 Å². The topological polar surface area (TPSA) is 64.7 Å². The van der Waals surface area contributed by atoms with Crippen LogP contribution in [-0.4, -0.2) is 30.5 Å². The van der Waals surface area contributed by atoms with Gasteiger partial charge in [0.25, 0.3) is 0 Å². The summed E-state index contributed by atoms with van der Waals surface area (Å²) in [6.45, 7) is 6.44. The van der Waals surface area contributed by atoms with Crippen molar-refractivity contribution in [3.05, 3.63) is 29.8 Å². The highest BCUT2D eigenvalue weighted by molar-refractivity contribution is 5.28. The fraction of sp³-hybridized carbons (Fsp3) is 0.600. The maximum atomic E-state index is 9.67. The van der Waals surface area contributed by atoms with Gasteiger partial charge in [-0.1, -0.05) is 19.1 Å². The molecular weight excluding hydrogens is 242 g/mol. The molecule has 0 aliphatic carbocycles. The van der Waals surface area contributed by atoms with E-state index in [4.69, 9.17) is 15.2 Å². The van der Waals surface area contributed by atoms with Crippen LogP contribution in [0.3, 0.4) is 0 Å². The Morgan fingerprint density at radius 1 is 1.16 bits per heavy atom. The predicted octanol–water partition coefficient (Wildman–Crippen LogP) is 2.26. The molecule has 1 rings (SSSR count). The molecule has 4 heteroatoms. The van der Waals surface area contributed by atoms with E-state index in [0.717, 1.165) is 17.7 Å². The van der Waals surface area contributed by atoms with Crippen molar-refractivity contribution >= 4 is 0 Å². The maximum absolute atomic E-state index is 9.67. The van der Waals surface area contributed by atoms with Gasteiger partial charge in [-0.05, 0) is 38.0 Å². The predicted molar refractivity (Wildman–Crippen MR) is 76.3 cm³/mol. The number of rotatable bonds is 8. The lowest BCUT2D eigenvalue weighted by atomic mass is 10.1. The summed E-state index contributed by atoms with van der Waals surface area (Å²) in [6, 6.07) is 7.74. The molecular formula is C15H25NO3. The first kappa shape index (κ1) is 16.0. The van der Waals surface area contributed by atoms with Crippen molar-refractivity contribution in [2.75, 3.05) is 13.2 Å². The number of hydrogen-bond donors (Lipinski definition) is 2. The fourth-order valence-electron chi connectivity index (χ4n) is 1.59. The van der Waals surface area contributed by atoms with Crippen molar-refractivity contribution in [1.82, 2.24) is 0 Å². The van der Waals surface area contributed by atoms with Crippen LogP contribution in [0.25, 0.3) is 0 Å². The van der Waals surface area contributed by atoms with Gasteiger partial charge in [0, 0.05) is 6.04 Å². The van der Waals surface area contributed by atoms with Gasteiger partial charge in [-0.25, -0.2) is 0 Å². The second-order valence-corrected chi connectivity index (χ2v) is 4.93. The molecule has 0 saturated carbocycles. The largest absolute Gasteiger partial charge is 0.491 e. The summed E-state index contributed by atoms with van der Waals surface area (Å²) in [5, 5.41) is 9.67. The molecule has 2 atom stereocenters. The molecule has 0 aromatic heterocycles. The van der Waals surface area contributed by atoms with E-state index in [9.17, 15) is 5.11 Å². The van der Waals surface area contributed by atoms with Crippen LogP contribution in [0.4, 0.5) is 0 Å². The molecule has 0 bridgehead atoms. The smallest absolute Gasteiger partial charge is 0.119 e. The van der Waals surface area contributed by atoms with Crippen molar-refractivity contribution in [3.63, 3.8) is 0 Å². The number of hydrogen-bond acceptors (Lipinski definition) is 4. The summed E-state index contributed by atoms with van der Waals surface area (Å²) in [4.78, 5) is 0. The third kappa shape index (κ3) is 6.05. The summed E-state index contributed by atoms with van der Waals surface area (Å²) < 4.78 is 10.8. The standard InChI is InChI=1S/C15H25NO3/c1-4-15(16)12-5-7-14(8-6-12)19-10-13(17)9-18-11(2)3/h5-8,11,13,15,17H,4,9-10,16H2,1-3H3/t13?,15-/m0/s1. The van der Waals surface area contributed by atoms with Crippen LogP contribution in [0.1, 0.15) is 38.8 Å². The minimum Gasteiger partial charge on any atom is -0.491 e. The van der Waals surface area contributed by atoms with Crippen LogP contribution in [0.2, 0.25) is 0 Å². The summed E-state index contributed by atoms with van der Waals surface area (Å²) >= 11 is 0. The second kappa shape index (κ2) is 8.15. The van der Waals surface area contributed by atoms with Gasteiger partial charge in [-0.3, -0.25) is 0 Å². The zero-order chi connectivity index (χ0) is 14.3. The Morgan fingerprint density at radius 2 is 1.79 bits per heavy atom. The van der Waals surface area contributed by atoms with Crippen molar-refractivity contribution in [1.29, 1.82) is 0 Å². The molecule has 0 saturated heterocycles. The Bertz CT molecular complexity index is 351. The average Bonchev–Trinajstić information content (AvgIpc) is 2.42. The SMILES string of the molecule is CC[C@H](N)c1ccc(OCC(O)COC(C)C)cc1. The van der Waals surface area contributed by atoms with E-state index in [-0.39, 0.29) is 25.4 Å². The number of aliphatic hydroxyl groups is 1. The van der Waals surface area contributed by atoms with E-state index in [2.05, 4.69) is 6.92 Å². The molecule has 1 aromatic rings. The highest BCUT2D eigenvalue weighted by Gasteiger charge is 2.07. The summed E-state index contributed by atoms with van der Waals surface area (Å²) in [5.74, 6) is 0.732. The van der Waals surface area contributed by atoms with Gasteiger partial charge in [0.15, 0.2) is 0 Å². The zero-order valence-electron chi connectivity index (χ0n) is 12.0. The number of aliphatic hydroxyl groups excluding tert-OH is 1. The fourth-order valence-corrected chi connectivity index (χ4v) is 1.59. The molecule has 1 aromatic carbocycles. The highest BCUT2D eigenvalue weighted by atomic mass is 16.5. The van der Waals surface area contributed by atoms with Gasteiger partial charge in [-0.15, -0.1) is 0 Å². The molecule has 0 amide bonds. The van der Waals surface area contributed by atoms with E-state index in [0.29, 0.717) is 0 Å². The monoisotopic (exact) mass is 267 g/mol. The number of benzene rings is 1. The third-order valence-electron chi connectivity index (χ3n) is 2.81. The van der Waals surface area contributed by atoms with E-state index < -0.39 is 6.10 Å². The van der Waals surface area contributed by atoms with Crippen molar-refractivity contribution < 1.29 is 14.6 Å². The van der Waals surface area contributed by atoms with Crippen LogP contribution < -0.4 is 10.5 Å². The zero-order valence-corrected chi connectivity index (χ0v) is 12.0. The highest BCUT2D eigenvalue weighted by Crippen LogP contribution is 2.18. The van der Waals surface area contributed by atoms with Crippen LogP contribution in [0.5, 0.6) is 5.75 Å². The average molecular weight is 267 g/mol. The molecule has 108 valence electrons. The lowest BCUT2D eigenvalue weighted by Gasteiger charge is -2.15. The lowest BCUT2D eigenvalue weighted by molar-refractivity contribution is -0.0122. The molecule has 3 N–H and O–H groups in total. The lowest BCUT2D eigenvalue weighted by Crippen LogP contribution is -2.25. The van der Waals surface area contributed by atoms with E-state index in [1.807, 2.05) is 38.1 Å². The normalized spacial score (nSPS) is 14.4. The van der Waals surface area contributed by atoms with Crippen molar-refractivity contribution in [2.45, 2.75) is 45.4 Å². The van der Waals surface area contributed by atoms with Gasteiger partial charge >= 0.3 is 0 Å². The first-order valence-corrected chi connectivity index (χ1v) is 6.81. The Balaban J connectivity index is 2.37. The molecule has 19 heavy (non-hydrogen) atoms. The van der Waals surface area contributed by atoms with Crippen molar-refractivity contribution in [3.8, 4) is 5.75 Å². The molecule has 0 fully saturated rings. The molecule has 0 aliphatic heterocycles. The van der Waals surface area contributed by atoms with Crippen LogP contribution >= 0.6 is 0 Å². The van der Waals surface area contributed by atoms with E-state index in [1.54, 1.807) is 0 Å². The molecule has 0 radical (unpaired) electrons.